The first kappa shape index (κ1) is 53.9. The SMILES string of the molecule is CCCCCCCCCCCCCCCCNS(=O)(=O)c1ccc(Cl)c(NC(=O)C(OC(=O)N(CCCC)c2ccc(C=C(C#N)c3nc4ccccc4o3)c(C)c2)C(=O)c2ccc(OC)cc2)c1. The molecule has 0 aliphatic carbocycles. The summed E-state index contributed by atoms with van der Waals surface area (Å²) in [6.45, 7) is 6.43. The van der Waals surface area contributed by atoms with Gasteiger partial charge < -0.3 is 19.2 Å². The van der Waals surface area contributed by atoms with E-state index in [2.05, 4.69) is 28.0 Å². The topological polar surface area (TPSA) is 181 Å². The van der Waals surface area contributed by atoms with Crippen LogP contribution in [0.4, 0.5) is 16.2 Å². The van der Waals surface area contributed by atoms with Crippen LogP contribution in [0.2, 0.25) is 5.02 Å². The molecule has 5 aromatic rings. The second-order valence-electron chi connectivity index (χ2n) is 17.2. The Labute approximate surface area is 412 Å². The van der Waals surface area contributed by atoms with Crippen molar-refractivity contribution in [3.05, 3.63) is 113 Å². The number of para-hydroxylation sites is 2. The van der Waals surface area contributed by atoms with Gasteiger partial charge in [0.25, 0.3) is 5.91 Å². The number of aromatic nitrogens is 1. The molecule has 15 heteroatoms. The van der Waals surface area contributed by atoms with Crippen molar-refractivity contribution >= 4 is 73.5 Å². The highest BCUT2D eigenvalue weighted by atomic mass is 35.5. The Morgan fingerprint density at radius 3 is 2.07 bits per heavy atom. The molecule has 368 valence electrons. The number of methoxy groups -OCH3 is 1. The molecule has 5 rings (SSSR count). The molecule has 0 bridgehead atoms. The minimum absolute atomic E-state index is 0.00101. The fourth-order valence-electron chi connectivity index (χ4n) is 7.79. The summed E-state index contributed by atoms with van der Waals surface area (Å²) in [6, 6.07) is 24.4. The molecule has 1 unspecified atom stereocenters. The number of oxazole rings is 1. The number of carbonyl (C=O) groups is 3. The van der Waals surface area contributed by atoms with Crippen molar-refractivity contribution in [2.45, 2.75) is 135 Å². The Morgan fingerprint density at radius 2 is 1.46 bits per heavy atom. The lowest BCUT2D eigenvalue weighted by atomic mass is 10.0. The van der Waals surface area contributed by atoms with E-state index < -0.39 is 33.9 Å². The van der Waals surface area contributed by atoms with Crippen molar-refractivity contribution in [1.29, 1.82) is 5.26 Å². The van der Waals surface area contributed by atoms with Crippen LogP contribution in [0, 0.1) is 18.3 Å². The van der Waals surface area contributed by atoms with Gasteiger partial charge in [-0.05, 0) is 104 Å². The highest BCUT2D eigenvalue weighted by Crippen LogP contribution is 2.29. The first-order valence-electron chi connectivity index (χ1n) is 24.2. The fraction of sp³-hybridized carbons (Fsp3) is 0.426. The van der Waals surface area contributed by atoms with Gasteiger partial charge >= 0.3 is 6.09 Å². The highest BCUT2D eigenvalue weighted by Gasteiger charge is 2.34. The molecule has 69 heavy (non-hydrogen) atoms. The lowest BCUT2D eigenvalue weighted by Crippen LogP contribution is -2.43. The molecule has 0 radical (unpaired) electrons. The summed E-state index contributed by atoms with van der Waals surface area (Å²) in [5, 5.41) is 12.6. The number of rotatable bonds is 29. The predicted molar refractivity (Wildman–Crippen MR) is 274 cm³/mol. The summed E-state index contributed by atoms with van der Waals surface area (Å²) in [7, 11) is -2.53. The smallest absolute Gasteiger partial charge is 0.415 e. The highest BCUT2D eigenvalue weighted by molar-refractivity contribution is 7.89. The van der Waals surface area contributed by atoms with Crippen LogP contribution in [-0.2, 0) is 19.6 Å². The zero-order valence-electron chi connectivity index (χ0n) is 40.4. The van der Waals surface area contributed by atoms with Crippen molar-refractivity contribution in [2.24, 2.45) is 0 Å². The number of hydrogen-bond donors (Lipinski definition) is 2. The third-order valence-electron chi connectivity index (χ3n) is 11.9. The number of nitrogens with zero attached hydrogens (tertiary/aromatic N) is 3. The minimum Gasteiger partial charge on any atom is -0.497 e. The van der Waals surface area contributed by atoms with Gasteiger partial charge in [-0.2, -0.15) is 5.26 Å². The standard InChI is InChI=1S/C54H66ClN5O8S/c1-5-7-9-10-11-12-13-14-15-16-17-18-19-22-33-57-69(64,65)45-31-32-46(55)48(37-45)58-52(62)51(50(61)40-26-29-44(66-4)30-27-40)68-54(63)60(34-8-6-2)43-28-25-41(39(3)35-43)36-42(38-56)53-59-47-23-20-21-24-49(47)67-53/h20-21,23-32,35-37,51,57H,5-19,22,33-34H2,1-4H3,(H,58,62). The van der Waals surface area contributed by atoms with Crippen molar-refractivity contribution < 1.29 is 36.7 Å². The zero-order chi connectivity index (χ0) is 49.6. The number of Topliss-reactive ketones (excluding diaryl/α,β-unsaturated/α-hetero) is 1. The van der Waals surface area contributed by atoms with E-state index in [4.69, 9.17) is 25.5 Å². The van der Waals surface area contributed by atoms with Gasteiger partial charge in [0.05, 0.1) is 22.7 Å². The number of fused-ring (bicyclic) bond motifs is 1. The maximum Gasteiger partial charge on any atom is 0.415 e. The van der Waals surface area contributed by atoms with Crippen molar-refractivity contribution in [3.8, 4) is 11.8 Å². The van der Waals surface area contributed by atoms with Gasteiger partial charge in [0.15, 0.2) is 5.58 Å². The number of nitriles is 1. The largest absolute Gasteiger partial charge is 0.497 e. The van der Waals surface area contributed by atoms with Gasteiger partial charge in [-0.25, -0.2) is 22.9 Å². The number of hydrogen-bond acceptors (Lipinski definition) is 10. The second-order valence-corrected chi connectivity index (χ2v) is 19.4. The Kier molecular flexibility index (Phi) is 21.8. The number of nitrogens with one attached hydrogen (secondary N) is 2. The third kappa shape index (κ3) is 16.3. The van der Waals surface area contributed by atoms with Crippen LogP contribution in [0.1, 0.15) is 144 Å². The van der Waals surface area contributed by atoms with E-state index in [1.807, 2.05) is 26.0 Å². The molecular weight excluding hydrogens is 914 g/mol. The number of halogens is 1. The molecule has 1 aromatic heterocycles. The van der Waals surface area contributed by atoms with E-state index in [9.17, 15) is 28.1 Å². The van der Waals surface area contributed by atoms with Crippen LogP contribution in [-0.4, -0.2) is 57.5 Å². The first-order chi connectivity index (χ1) is 33.4. The molecule has 1 heterocycles. The zero-order valence-corrected chi connectivity index (χ0v) is 41.9. The summed E-state index contributed by atoms with van der Waals surface area (Å²) in [5.41, 5.74) is 3.11. The fourth-order valence-corrected chi connectivity index (χ4v) is 9.05. The van der Waals surface area contributed by atoms with Crippen LogP contribution in [0.25, 0.3) is 22.7 Å². The van der Waals surface area contributed by atoms with Gasteiger partial charge in [0.2, 0.25) is 27.8 Å². The molecule has 1 atom stereocenters. The number of carbonyl (C=O) groups excluding carboxylic acids is 3. The Bertz CT molecular complexity index is 2630. The molecule has 0 fully saturated rings. The average Bonchev–Trinajstić information content (AvgIpc) is 3.79. The number of allylic oxidation sites excluding steroid dienone is 1. The number of unbranched alkanes of at least 4 members (excludes halogenated alkanes) is 14. The maximum absolute atomic E-state index is 14.2. The number of amides is 2. The van der Waals surface area contributed by atoms with Gasteiger partial charge in [-0.15, -0.1) is 0 Å². The number of anilines is 2. The summed E-state index contributed by atoms with van der Waals surface area (Å²) >= 11 is 6.51. The molecule has 4 aromatic carbocycles. The average molecular weight is 981 g/mol. The second kappa shape index (κ2) is 27.9. The molecule has 0 saturated heterocycles. The molecule has 13 nitrogen and oxygen atoms in total. The van der Waals surface area contributed by atoms with Crippen molar-refractivity contribution in [2.75, 3.05) is 30.4 Å². The number of sulfonamides is 1. The van der Waals surface area contributed by atoms with E-state index in [0.29, 0.717) is 52.9 Å². The van der Waals surface area contributed by atoms with Crippen LogP contribution in [0.15, 0.2) is 94.2 Å². The molecule has 0 aliphatic rings. The van der Waals surface area contributed by atoms with Gasteiger partial charge in [-0.1, -0.05) is 134 Å². The van der Waals surface area contributed by atoms with E-state index in [1.54, 1.807) is 36.4 Å². The van der Waals surface area contributed by atoms with Gasteiger partial charge in [0.1, 0.15) is 22.9 Å². The summed E-state index contributed by atoms with van der Waals surface area (Å²) in [6.07, 6.45) is 16.6. The van der Waals surface area contributed by atoms with Crippen LogP contribution >= 0.6 is 11.6 Å². The predicted octanol–water partition coefficient (Wildman–Crippen LogP) is 13.3. The van der Waals surface area contributed by atoms with Crippen molar-refractivity contribution in [1.82, 2.24) is 9.71 Å². The van der Waals surface area contributed by atoms with Crippen LogP contribution < -0.4 is 19.7 Å². The molecule has 0 aliphatic heterocycles. The normalized spacial score (nSPS) is 12.1. The maximum atomic E-state index is 14.2. The summed E-state index contributed by atoms with van der Waals surface area (Å²) < 4.78 is 46.4. The Balaban J connectivity index is 1.26. The van der Waals surface area contributed by atoms with E-state index >= 15 is 0 Å². The van der Waals surface area contributed by atoms with Crippen molar-refractivity contribution in [3.63, 3.8) is 0 Å². The number of ketones is 1. The third-order valence-corrected chi connectivity index (χ3v) is 13.7. The summed E-state index contributed by atoms with van der Waals surface area (Å²) in [4.78, 5) is 48.2. The quantitative estimate of drug-likeness (QED) is 0.0202. The minimum atomic E-state index is -4.00. The number of ether oxygens (including phenoxy) is 2. The van der Waals surface area contributed by atoms with E-state index in [0.717, 1.165) is 19.3 Å². The Morgan fingerprint density at radius 1 is 0.826 bits per heavy atom. The summed E-state index contributed by atoms with van der Waals surface area (Å²) in [5.74, 6) is -1.26. The molecular formula is C54H66ClN5O8S. The molecule has 2 N–H and O–H groups in total. The number of benzene rings is 4. The molecule has 0 spiro atoms. The van der Waals surface area contributed by atoms with Gasteiger partial charge in [-0.3, -0.25) is 14.5 Å². The monoisotopic (exact) mass is 979 g/mol. The van der Waals surface area contributed by atoms with E-state index in [1.165, 1.54) is 119 Å². The Hall–Kier alpha value is -6.01. The lowest BCUT2D eigenvalue weighted by Gasteiger charge is -2.25. The van der Waals surface area contributed by atoms with Crippen LogP contribution in [0.5, 0.6) is 5.75 Å². The lowest BCUT2D eigenvalue weighted by molar-refractivity contribution is -0.122. The van der Waals surface area contributed by atoms with Gasteiger partial charge in [0, 0.05) is 24.3 Å². The molecule has 0 saturated carbocycles. The first-order valence-corrected chi connectivity index (χ1v) is 26.1. The van der Waals surface area contributed by atoms with Crippen LogP contribution in [0.3, 0.4) is 0 Å². The van der Waals surface area contributed by atoms with E-state index in [-0.39, 0.29) is 45.7 Å². The molecule has 2 amide bonds. The number of aryl methyl sites for hydroxylation is 1.